The lowest BCUT2D eigenvalue weighted by Gasteiger charge is -2.34. The zero-order valence-corrected chi connectivity index (χ0v) is 24.2. The molecule has 1 aromatic heterocycles. The molecular formula is C35H27ClN2O4. The third-order valence-electron chi connectivity index (χ3n) is 8.56. The molecule has 0 saturated carbocycles. The number of hydrogen-bond acceptors (Lipinski definition) is 4. The maximum absolute atomic E-state index is 15.0. The summed E-state index contributed by atoms with van der Waals surface area (Å²) in [5, 5.41) is 0.800. The van der Waals surface area contributed by atoms with Crippen molar-refractivity contribution in [2.75, 3.05) is 4.90 Å². The van der Waals surface area contributed by atoms with Crippen LogP contribution in [0.5, 0.6) is 0 Å². The van der Waals surface area contributed by atoms with Crippen LogP contribution < -0.4 is 10.3 Å². The van der Waals surface area contributed by atoms with Gasteiger partial charge < -0.3 is 14.2 Å². The van der Waals surface area contributed by atoms with E-state index in [0.29, 0.717) is 32.8 Å². The SMILES string of the molecule is Cc1cccc(CN2C(=O)C3(c4ccccc42)c2c(oc4cc(C)c(C)cc4c2=O)C(=O)N3Cc2ccccc2Cl)c1. The molecule has 1 unspecified atom stereocenters. The summed E-state index contributed by atoms with van der Waals surface area (Å²) in [6.07, 6.45) is 0. The van der Waals surface area contributed by atoms with Crippen molar-refractivity contribution < 1.29 is 14.0 Å². The van der Waals surface area contributed by atoms with Gasteiger partial charge in [-0.1, -0.05) is 77.8 Å². The average molecular weight is 575 g/mol. The van der Waals surface area contributed by atoms with Crippen LogP contribution in [0, 0.1) is 20.8 Å². The first-order valence-corrected chi connectivity index (χ1v) is 14.2. The van der Waals surface area contributed by atoms with E-state index in [0.717, 1.165) is 22.3 Å². The zero-order chi connectivity index (χ0) is 29.3. The Hall–Kier alpha value is -4.68. The Morgan fingerprint density at radius 3 is 2.33 bits per heavy atom. The minimum Gasteiger partial charge on any atom is -0.450 e. The normalized spacial score (nSPS) is 17.4. The number of halogens is 1. The van der Waals surface area contributed by atoms with E-state index < -0.39 is 11.4 Å². The molecule has 0 bridgehead atoms. The molecule has 7 rings (SSSR count). The quantitative estimate of drug-likeness (QED) is 0.236. The molecule has 42 heavy (non-hydrogen) atoms. The van der Waals surface area contributed by atoms with Gasteiger partial charge in [-0.2, -0.15) is 0 Å². The maximum atomic E-state index is 15.0. The molecule has 3 heterocycles. The number of benzene rings is 4. The third kappa shape index (κ3) is 3.61. The molecule has 0 radical (unpaired) electrons. The predicted octanol–water partition coefficient (Wildman–Crippen LogP) is 6.82. The summed E-state index contributed by atoms with van der Waals surface area (Å²) in [7, 11) is 0. The van der Waals surface area contributed by atoms with Crippen molar-refractivity contribution in [1.82, 2.24) is 4.90 Å². The summed E-state index contributed by atoms with van der Waals surface area (Å²) >= 11 is 6.58. The lowest BCUT2D eigenvalue weighted by Crippen LogP contribution is -2.53. The van der Waals surface area contributed by atoms with E-state index in [1.165, 1.54) is 4.90 Å². The van der Waals surface area contributed by atoms with Crippen molar-refractivity contribution in [2.45, 2.75) is 39.4 Å². The van der Waals surface area contributed by atoms with Gasteiger partial charge in [-0.25, -0.2) is 0 Å². The molecule has 0 aliphatic carbocycles. The number of rotatable bonds is 4. The molecule has 1 atom stereocenters. The van der Waals surface area contributed by atoms with Crippen LogP contribution >= 0.6 is 11.6 Å². The van der Waals surface area contributed by atoms with Gasteiger partial charge in [0.15, 0.2) is 11.0 Å². The summed E-state index contributed by atoms with van der Waals surface area (Å²) in [4.78, 5) is 47.0. The summed E-state index contributed by atoms with van der Waals surface area (Å²) in [6, 6.07) is 26.1. The smallest absolute Gasteiger partial charge is 0.291 e. The first-order valence-electron chi connectivity index (χ1n) is 13.8. The van der Waals surface area contributed by atoms with Crippen LogP contribution in [-0.2, 0) is 23.4 Å². The van der Waals surface area contributed by atoms with Crippen molar-refractivity contribution in [3.05, 3.63) is 145 Å². The van der Waals surface area contributed by atoms with E-state index in [4.69, 9.17) is 16.0 Å². The van der Waals surface area contributed by atoms with Gasteiger partial charge >= 0.3 is 0 Å². The van der Waals surface area contributed by atoms with E-state index in [1.54, 1.807) is 23.1 Å². The largest absolute Gasteiger partial charge is 0.450 e. The Bertz CT molecular complexity index is 2030. The predicted molar refractivity (Wildman–Crippen MR) is 163 cm³/mol. The van der Waals surface area contributed by atoms with E-state index in [1.807, 2.05) is 87.5 Å². The van der Waals surface area contributed by atoms with Gasteiger partial charge in [0.1, 0.15) is 5.58 Å². The number of nitrogens with zero attached hydrogens (tertiary/aromatic N) is 2. The number of para-hydroxylation sites is 1. The number of fused-ring (bicyclic) bond motifs is 5. The number of carbonyl (C=O) groups is 2. The minimum atomic E-state index is -1.72. The lowest BCUT2D eigenvalue weighted by atomic mass is 9.83. The number of amides is 2. The maximum Gasteiger partial charge on any atom is 0.291 e. The third-order valence-corrected chi connectivity index (χ3v) is 8.93. The molecule has 2 aliphatic heterocycles. The van der Waals surface area contributed by atoms with E-state index in [9.17, 15) is 14.4 Å². The van der Waals surface area contributed by atoms with Crippen molar-refractivity contribution in [2.24, 2.45) is 0 Å². The van der Waals surface area contributed by atoms with Crippen molar-refractivity contribution in [3.63, 3.8) is 0 Å². The van der Waals surface area contributed by atoms with Crippen LogP contribution in [0.25, 0.3) is 11.0 Å². The summed E-state index contributed by atoms with van der Waals surface area (Å²) in [5.41, 5.74) is 4.00. The molecule has 0 N–H and O–H groups in total. The molecule has 1 spiro atoms. The standard InChI is InChI=1S/C35H27ClN2O4/c1-20-9-8-10-23(15-20)18-37-28-14-7-5-12-26(28)35(34(37)41)30-31(39)25-16-21(2)22(3)17-29(25)42-32(30)33(40)38(35)19-24-11-4-6-13-27(24)36/h4-17H,18-19H2,1-3H3. The van der Waals surface area contributed by atoms with E-state index in [-0.39, 0.29) is 35.7 Å². The van der Waals surface area contributed by atoms with Gasteiger partial charge in [0.2, 0.25) is 5.76 Å². The molecule has 0 fully saturated rings. The first-order chi connectivity index (χ1) is 20.2. The molecular weight excluding hydrogens is 548 g/mol. The van der Waals surface area contributed by atoms with Crippen LogP contribution in [0.15, 0.2) is 94.1 Å². The van der Waals surface area contributed by atoms with Crippen LogP contribution in [0.1, 0.15) is 49.5 Å². The Morgan fingerprint density at radius 1 is 0.810 bits per heavy atom. The number of anilines is 1. The topological polar surface area (TPSA) is 70.8 Å². The van der Waals surface area contributed by atoms with Gasteiger partial charge in [0, 0.05) is 17.1 Å². The van der Waals surface area contributed by atoms with Crippen LogP contribution in [0.2, 0.25) is 5.02 Å². The number of hydrogen-bond donors (Lipinski definition) is 0. The molecule has 0 saturated heterocycles. The second-order valence-electron chi connectivity index (χ2n) is 11.2. The van der Waals surface area contributed by atoms with Gasteiger partial charge in [-0.3, -0.25) is 14.4 Å². The highest BCUT2D eigenvalue weighted by Gasteiger charge is 2.65. The van der Waals surface area contributed by atoms with Gasteiger partial charge in [-0.15, -0.1) is 0 Å². The van der Waals surface area contributed by atoms with Gasteiger partial charge in [-0.05, 0) is 67.3 Å². The fraction of sp³-hybridized carbons (Fsp3) is 0.171. The van der Waals surface area contributed by atoms with Crippen LogP contribution in [0.4, 0.5) is 5.69 Å². The fourth-order valence-corrected chi connectivity index (χ4v) is 6.61. The molecule has 2 amide bonds. The van der Waals surface area contributed by atoms with Gasteiger partial charge in [0.25, 0.3) is 11.8 Å². The first kappa shape index (κ1) is 26.2. The second kappa shape index (κ2) is 9.43. The molecule has 208 valence electrons. The molecule has 4 aromatic carbocycles. The fourth-order valence-electron chi connectivity index (χ4n) is 6.41. The second-order valence-corrected chi connectivity index (χ2v) is 11.6. The monoisotopic (exact) mass is 574 g/mol. The van der Waals surface area contributed by atoms with E-state index >= 15 is 0 Å². The Labute approximate surface area is 247 Å². The molecule has 5 aromatic rings. The summed E-state index contributed by atoms with van der Waals surface area (Å²) < 4.78 is 6.26. The number of aryl methyl sites for hydroxylation is 3. The Kier molecular flexibility index (Phi) is 5.89. The Morgan fingerprint density at radius 2 is 1.55 bits per heavy atom. The van der Waals surface area contributed by atoms with Crippen molar-refractivity contribution in [1.29, 1.82) is 0 Å². The summed E-state index contributed by atoms with van der Waals surface area (Å²) in [6.45, 7) is 6.14. The highest BCUT2D eigenvalue weighted by molar-refractivity contribution is 6.31. The highest BCUT2D eigenvalue weighted by atomic mass is 35.5. The zero-order valence-electron chi connectivity index (χ0n) is 23.4. The van der Waals surface area contributed by atoms with E-state index in [2.05, 4.69) is 0 Å². The minimum absolute atomic E-state index is 0.00884. The van der Waals surface area contributed by atoms with Crippen LogP contribution in [0.3, 0.4) is 0 Å². The molecule has 6 nitrogen and oxygen atoms in total. The average Bonchev–Trinajstić information content (AvgIpc) is 3.36. The van der Waals surface area contributed by atoms with Crippen molar-refractivity contribution in [3.8, 4) is 0 Å². The lowest BCUT2D eigenvalue weighted by molar-refractivity contribution is -0.126. The van der Waals surface area contributed by atoms with Crippen LogP contribution in [-0.4, -0.2) is 16.7 Å². The number of carbonyl (C=O) groups excluding carboxylic acids is 2. The van der Waals surface area contributed by atoms with Crippen molar-refractivity contribution >= 4 is 40.1 Å². The molecule has 2 aliphatic rings. The Balaban J connectivity index is 1.53. The van der Waals surface area contributed by atoms with Gasteiger partial charge in [0.05, 0.1) is 23.2 Å². The summed E-state index contributed by atoms with van der Waals surface area (Å²) in [5.74, 6) is -1.01. The highest BCUT2D eigenvalue weighted by Crippen LogP contribution is 2.53. The molecule has 7 heteroatoms.